The van der Waals surface area contributed by atoms with Crippen molar-refractivity contribution < 1.29 is 4.79 Å². The van der Waals surface area contributed by atoms with Crippen molar-refractivity contribution in [1.82, 2.24) is 0 Å². The van der Waals surface area contributed by atoms with Gasteiger partial charge >= 0.3 is 0 Å². The van der Waals surface area contributed by atoms with E-state index in [9.17, 15) is 4.79 Å². The SMILES string of the molecule is C=C1CCCCC12CCCC2=O. The molecule has 1 heteroatoms. The van der Waals surface area contributed by atoms with Gasteiger partial charge in [0.25, 0.3) is 0 Å². The summed E-state index contributed by atoms with van der Waals surface area (Å²) in [6.45, 7) is 4.08. The summed E-state index contributed by atoms with van der Waals surface area (Å²) in [5.74, 6) is 0.479. The molecule has 1 unspecified atom stereocenters. The van der Waals surface area contributed by atoms with Crippen molar-refractivity contribution in [1.29, 1.82) is 0 Å². The van der Waals surface area contributed by atoms with Gasteiger partial charge in [0.2, 0.25) is 0 Å². The van der Waals surface area contributed by atoms with Crippen LogP contribution in [0.25, 0.3) is 0 Å². The Morgan fingerprint density at radius 3 is 2.42 bits per heavy atom. The molecular weight excluding hydrogens is 148 g/mol. The summed E-state index contributed by atoms with van der Waals surface area (Å²) in [6, 6.07) is 0. The molecule has 2 aliphatic rings. The van der Waals surface area contributed by atoms with E-state index in [1.807, 2.05) is 0 Å². The van der Waals surface area contributed by atoms with Gasteiger partial charge in [-0.1, -0.05) is 18.6 Å². The lowest BCUT2D eigenvalue weighted by molar-refractivity contribution is -0.124. The van der Waals surface area contributed by atoms with Crippen LogP contribution in [0, 0.1) is 5.41 Å². The zero-order valence-corrected chi connectivity index (χ0v) is 7.57. The highest BCUT2D eigenvalue weighted by Crippen LogP contribution is 2.49. The van der Waals surface area contributed by atoms with E-state index in [4.69, 9.17) is 0 Å². The molecule has 66 valence electrons. The van der Waals surface area contributed by atoms with Crippen molar-refractivity contribution in [2.24, 2.45) is 5.41 Å². The minimum absolute atomic E-state index is 0.0434. The van der Waals surface area contributed by atoms with Crippen LogP contribution in [0.15, 0.2) is 12.2 Å². The Morgan fingerprint density at radius 2 is 1.83 bits per heavy atom. The molecule has 0 radical (unpaired) electrons. The van der Waals surface area contributed by atoms with E-state index in [-0.39, 0.29) is 5.41 Å². The van der Waals surface area contributed by atoms with Crippen LogP contribution >= 0.6 is 0 Å². The number of hydrogen-bond donors (Lipinski definition) is 0. The first kappa shape index (κ1) is 8.03. The average Bonchev–Trinajstić information content (AvgIpc) is 2.41. The number of rotatable bonds is 0. The molecule has 12 heavy (non-hydrogen) atoms. The Kier molecular flexibility index (Phi) is 1.82. The second kappa shape index (κ2) is 2.72. The number of carbonyl (C=O) groups excluding carboxylic acids is 1. The highest BCUT2D eigenvalue weighted by molar-refractivity contribution is 5.89. The molecule has 1 atom stereocenters. The third kappa shape index (κ3) is 0.954. The van der Waals surface area contributed by atoms with Gasteiger partial charge in [-0.3, -0.25) is 4.79 Å². The van der Waals surface area contributed by atoms with E-state index < -0.39 is 0 Å². The molecule has 0 bridgehead atoms. The summed E-state index contributed by atoms with van der Waals surface area (Å²) in [7, 11) is 0. The molecule has 1 spiro atoms. The van der Waals surface area contributed by atoms with Crippen LogP contribution in [0.2, 0.25) is 0 Å². The Hall–Kier alpha value is -0.590. The van der Waals surface area contributed by atoms with Crippen molar-refractivity contribution in [2.75, 3.05) is 0 Å². The summed E-state index contributed by atoms with van der Waals surface area (Å²) in [4.78, 5) is 11.7. The molecule has 0 aromatic carbocycles. The van der Waals surface area contributed by atoms with Gasteiger partial charge in [0.05, 0.1) is 0 Å². The Labute approximate surface area is 73.8 Å². The standard InChI is InChI=1S/C11H16O/c1-9-5-2-3-7-11(9)8-4-6-10(11)12/h1-8H2. The van der Waals surface area contributed by atoms with Crippen LogP contribution in [-0.4, -0.2) is 5.78 Å². The maximum Gasteiger partial charge on any atom is 0.143 e. The minimum atomic E-state index is -0.0434. The number of Topliss-reactive ketones (excluding diaryl/α,β-unsaturated/α-hetero) is 1. The molecule has 2 rings (SSSR count). The van der Waals surface area contributed by atoms with Gasteiger partial charge in [-0.25, -0.2) is 0 Å². The van der Waals surface area contributed by atoms with Crippen molar-refractivity contribution in [3.63, 3.8) is 0 Å². The molecule has 0 heterocycles. The van der Waals surface area contributed by atoms with E-state index in [2.05, 4.69) is 6.58 Å². The van der Waals surface area contributed by atoms with Crippen LogP contribution in [0.1, 0.15) is 44.9 Å². The maximum absolute atomic E-state index is 11.7. The quantitative estimate of drug-likeness (QED) is 0.503. The minimum Gasteiger partial charge on any atom is -0.299 e. The van der Waals surface area contributed by atoms with Gasteiger partial charge in [0, 0.05) is 11.8 Å². The molecule has 0 aliphatic heterocycles. The Balaban J connectivity index is 2.27. The molecule has 0 N–H and O–H groups in total. The van der Waals surface area contributed by atoms with Crippen molar-refractivity contribution in [3.8, 4) is 0 Å². The monoisotopic (exact) mass is 164 g/mol. The zero-order chi connectivity index (χ0) is 8.60. The second-order valence-corrected chi connectivity index (χ2v) is 4.17. The molecule has 2 saturated carbocycles. The summed E-state index contributed by atoms with van der Waals surface area (Å²) in [6.07, 6.45) is 7.64. The number of allylic oxidation sites excluding steroid dienone is 1. The normalized spacial score (nSPS) is 36.3. The third-order valence-corrected chi connectivity index (χ3v) is 3.55. The van der Waals surface area contributed by atoms with Gasteiger partial charge in [-0.2, -0.15) is 0 Å². The number of carbonyl (C=O) groups is 1. The highest BCUT2D eigenvalue weighted by atomic mass is 16.1. The number of hydrogen-bond acceptors (Lipinski definition) is 1. The summed E-state index contributed by atoms with van der Waals surface area (Å²) in [5, 5.41) is 0. The van der Waals surface area contributed by atoms with Crippen molar-refractivity contribution >= 4 is 5.78 Å². The fraction of sp³-hybridized carbons (Fsp3) is 0.727. The van der Waals surface area contributed by atoms with Crippen LogP contribution in [-0.2, 0) is 4.79 Å². The molecule has 1 nitrogen and oxygen atoms in total. The van der Waals surface area contributed by atoms with Gasteiger partial charge in [0.1, 0.15) is 5.78 Å². The van der Waals surface area contributed by atoms with Crippen molar-refractivity contribution in [2.45, 2.75) is 44.9 Å². The largest absolute Gasteiger partial charge is 0.299 e. The zero-order valence-electron chi connectivity index (χ0n) is 7.57. The fourth-order valence-corrected chi connectivity index (χ4v) is 2.75. The van der Waals surface area contributed by atoms with Crippen LogP contribution in [0.3, 0.4) is 0 Å². The molecule has 0 saturated heterocycles. The molecule has 2 aliphatic carbocycles. The Bertz CT molecular complexity index is 229. The summed E-state index contributed by atoms with van der Waals surface area (Å²) in [5.41, 5.74) is 1.19. The van der Waals surface area contributed by atoms with E-state index in [1.165, 1.54) is 18.4 Å². The van der Waals surface area contributed by atoms with E-state index in [0.717, 1.165) is 32.1 Å². The van der Waals surface area contributed by atoms with Gasteiger partial charge in [-0.15, -0.1) is 0 Å². The first-order valence-electron chi connectivity index (χ1n) is 4.97. The van der Waals surface area contributed by atoms with Gasteiger partial charge in [-0.05, 0) is 32.1 Å². The fourth-order valence-electron chi connectivity index (χ4n) is 2.75. The Morgan fingerprint density at radius 1 is 1.08 bits per heavy atom. The molecule has 0 amide bonds. The van der Waals surface area contributed by atoms with Crippen LogP contribution in [0.4, 0.5) is 0 Å². The lowest BCUT2D eigenvalue weighted by Crippen LogP contribution is -2.30. The predicted octanol–water partition coefficient (Wildman–Crippen LogP) is 2.86. The third-order valence-electron chi connectivity index (χ3n) is 3.55. The second-order valence-electron chi connectivity index (χ2n) is 4.17. The molecule has 0 aromatic heterocycles. The highest BCUT2D eigenvalue weighted by Gasteiger charge is 2.44. The molecule has 0 aromatic rings. The average molecular weight is 164 g/mol. The molecule has 2 fully saturated rings. The summed E-state index contributed by atoms with van der Waals surface area (Å²) < 4.78 is 0. The topological polar surface area (TPSA) is 17.1 Å². The first-order valence-corrected chi connectivity index (χ1v) is 4.97. The predicted molar refractivity (Wildman–Crippen MR) is 48.9 cm³/mol. The van der Waals surface area contributed by atoms with Crippen molar-refractivity contribution in [3.05, 3.63) is 12.2 Å². The smallest absolute Gasteiger partial charge is 0.143 e. The van der Waals surface area contributed by atoms with Gasteiger partial charge in [0.15, 0.2) is 0 Å². The first-order chi connectivity index (χ1) is 5.76. The number of ketones is 1. The lowest BCUT2D eigenvalue weighted by atomic mass is 9.69. The lowest BCUT2D eigenvalue weighted by Gasteiger charge is -2.34. The van der Waals surface area contributed by atoms with E-state index in [1.54, 1.807) is 0 Å². The van der Waals surface area contributed by atoms with Gasteiger partial charge < -0.3 is 0 Å². The van der Waals surface area contributed by atoms with E-state index in [0.29, 0.717) is 5.78 Å². The maximum atomic E-state index is 11.7. The molecular formula is C11H16O. The van der Waals surface area contributed by atoms with Crippen LogP contribution < -0.4 is 0 Å². The van der Waals surface area contributed by atoms with Crippen LogP contribution in [0.5, 0.6) is 0 Å². The summed E-state index contributed by atoms with van der Waals surface area (Å²) >= 11 is 0. The van der Waals surface area contributed by atoms with E-state index >= 15 is 0 Å².